The van der Waals surface area contributed by atoms with Crippen molar-refractivity contribution in [3.8, 4) is 0 Å². The number of nitrogens with zero attached hydrogens (tertiary/aromatic N) is 1. The molecule has 0 spiro atoms. The number of thioether (sulfide) groups is 1. The monoisotopic (exact) mass is 574 g/mol. The Morgan fingerprint density at radius 3 is 2.49 bits per heavy atom. The number of carbonyl (C=O) groups excluding carboxylic acids is 3. The number of carboxylic acid groups (broad SMARTS) is 2. The van der Waals surface area contributed by atoms with Crippen LogP contribution in [0.15, 0.2) is 23.2 Å². The van der Waals surface area contributed by atoms with Gasteiger partial charge in [-0.15, -0.1) is 0 Å². The predicted molar refractivity (Wildman–Crippen MR) is 138 cm³/mol. The molecule has 200 valence electrons. The van der Waals surface area contributed by atoms with E-state index in [2.05, 4.69) is 10.3 Å². The van der Waals surface area contributed by atoms with Crippen LogP contribution in [0.5, 0.6) is 0 Å². The minimum Gasteiger partial charge on any atom is -0.508 e. The molecule has 1 aromatic carbocycles. The second kappa shape index (κ2) is 13.3. The second-order valence-corrected chi connectivity index (χ2v) is 10.4. The van der Waals surface area contributed by atoms with Gasteiger partial charge in [-0.2, -0.15) is 11.8 Å². The van der Waals surface area contributed by atoms with Crippen molar-refractivity contribution in [2.24, 2.45) is 10.9 Å². The number of hydrogen-bond acceptors (Lipinski definition) is 8. The molecule has 0 aromatic heterocycles. The summed E-state index contributed by atoms with van der Waals surface area (Å²) in [6, 6.07) is 4.22. The summed E-state index contributed by atoms with van der Waals surface area (Å²) >= 11 is 13.2. The predicted octanol–water partition coefficient (Wildman–Crippen LogP) is 2.76. The molecule has 1 heterocycles. The smallest absolute Gasteiger partial charge is 0.508 e. The topological polar surface area (TPSA) is 169 Å². The Labute approximate surface area is 227 Å². The van der Waals surface area contributed by atoms with Crippen molar-refractivity contribution in [3.05, 3.63) is 33.8 Å². The summed E-state index contributed by atoms with van der Waals surface area (Å²) in [5.41, 5.74) is -2.57. The Hall–Kier alpha value is -2.61. The molecule has 0 aliphatic carbocycles. The molecule has 1 aliphatic heterocycles. The van der Waals surface area contributed by atoms with Crippen LogP contribution in [0.25, 0.3) is 0 Å². The fourth-order valence-electron chi connectivity index (χ4n) is 3.53. The van der Waals surface area contributed by atoms with E-state index in [9.17, 15) is 34.2 Å². The molecule has 0 saturated carbocycles. The maximum Gasteiger partial charge on any atom is 0.552 e. The van der Waals surface area contributed by atoms with Crippen molar-refractivity contribution in [1.29, 1.82) is 0 Å². The first-order chi connectivity index (χ1) is 17.3. The summed E-state index contributed by atoms with van der Waals surface area (Å²) in [6.07, 6.45) is 0.0311. The summed E-state index contributed by atoms with van der Waals surface area (Å²) in [5, 5.41) is 21.8. The van der Waals surface area contributed by atoms with Gasteiger partial charge in [-0.05, 0) is 36.8 Å². The number of aliphatic imine (C=N–C) groups is 1. The first kappa shape index (κ1) is 30.6. The number of carbonyl (C=O) groups is 5. The normalized spacial score (nSPS) is 18.8. The number of aliphatic carboxylic acids is 2. The molecular weight excluding hydrogens is 550 g/mol. The lowest BCUT2D eigenvalue weighted by atomic mass is 9.70. The van der Waals surface area contributed by atoms with E-state index in [1.807, 2.05) is 0 Å². The number of benzene rings is 1. The van der Waals surface area contributed by atoms with E-state index in [0.29, 0.717) is 0 Å². The van der Waals surface area contributed by atoms with Crippen LogP contribution in [-0.2, 0) is 28.5 Å². The molecule has 37 heavy (non-hydrogen) atoms. The molecular formula is C22H25BCl2N2O9S. The highest BCUT2D eigenvalue weighted by Crippen LogP contribution is 2.30. The van der Waals surface area contributed by atoms with Crippen molar-refractivity contribution in [3.63, 3.8) is 0 Å². The Morgan fingerprint density at radius 1 is 1.24 bits per heavy atom. The van der Waals surface area contributed by atoms with Crippen LogP contribution < -0.4 is 5.32 Å². The van der Waals surface area contributed by atoms with Crippen LogP contribution in [0.2, 0.25) is 10.0 Å². The van der Waals surface area contributed by atoms with Crippen molar-refractivity contribution < 1.29 is 43.5 Å². The van der Waals surface area contributed by atoms with E-state index < -0.39 is 61.2 Å². The van der Waals surface area contributed by atoms with Crippen molar-refractivity contribution in [2.75, 3.05) is 12.0 Å². The lowest BCUT2D eigenvalue weighted by Crippen LogP contribution is -2.61. The average molecular weight is 575 g/mol. The van der Waals surface area contributed by atoms with Gasteiger partial charge in [0.1, 0.15) is 5.71 Å². The van der Waals surface area contributed by atoms with Crippen LogP contribution in [0, 0.1) is 5.92 Å². The SMILES string of the molecule is CSCC(=NC(=O)c1cc(Cl)ccc1Cl)C(=O)N[C@@H](CC(C)C)B1OC(=O)CC(CC(=O)O)(C(=O)O)O1. The number of nitrogens with one attached hydrogen (secondary N) is 1. The van der Waals surface area contributed by atoms with E-state index in [0.717, 1.165) is 0 Å². The molecule has 15 heteroatoms. The lowest BCUT2D eigenvalue weighted by Gasteiger charge is -2.37. The van der Waals surface area contributed by atoms with Crippen molar-refractivity contribution in [1.82, 2.24) is 5.32 Å². The first-order valence-electron chi connectivity index (χ1n) is 11.0. The van der Waals surface area contributed by atoms with Gasteiger partial charge in [0.2, 0.25) is 0 Å². The first-order valence-corrected chi connectivity index (χ1v) is 13.1. The third-order valence-electron chi connectivity index (χ3n) is 5.15. The molecule has 11 nitrogen and oxygen atoms in total. The molecule has 0 radical (unpaired) electrons. The zero-order valence-corrected chi connectivity index (χ0v) is 22.5. The van der Waals surface area contributed by atoms with Crippen molar-refractivity contribution >= 4 is 77.5 Å². The molecule has 1 unspecified atom stereocenters. The molecule has 0 bridgehead atoms. The maximum atomic E-state index is 13.2. The fraction of sp³-hybridized carbons (Fsp3) is 0.455. The third kappa shape index (κ3) is 8.45. The van der Waals surface area contributed by atoms with E-state index in [-0.39, 0.29) is 39.4 Å². The standard InChI is InChI=1S/C22H25BCl2N2O9S/c1-11(2)6-16(23-35-18(30)9-22(36-23,21(33)34)8-17(28)29)27-20(32)15(10-37-3)26-19(31)13-7-12(24)4-5-14(13)25/h4-5,7,11,16H,6,8-10H2,1-3H3,(H,27,32)(H,28,29)(H,33,34)/t16-,22?/m0/s1. The van der Waals surface area contributed by atoms with Gasteiger partial charge in [-0.1, -0.05) is 37.0 Å². The van der Waals surface area contributed by atoms with Gasteiger partial charge in [0, 0.05) is 10.8 Å². The van der Waals surface area contributed by atoms with Gasteiger partial charge < -0.3 is 24.8 Å². The highest BCUT2D eigenvalue weighted by molar-refractivity contribution is 7.99. The zero-order valence-electron chi connectivity index (χ0n) is 20.2. The van der Waals surface area contributed by atoms with Crippen LogP contribution in [0.1, 0.15) is 43.5 Å². The molecule has 1 aliphatic rings. The summed E-state index contributed by atoms with van der Waals surface area (Å²) in [5.74, 6) is -6.90. The second-order valence-electron chi connectivity index (χ2n) is 8.65. The Kier molecular flexibility index (Phi) is 11.0. The van der Waals surface area contributed by atoms with Gasteiger partial charge in [0.25, 0.3) is 17.8 Å². The zero-order chi connectivity index (χ0) is 27.9. The average Bonchev–Trinajstić information content (AvgIpc) is 2.78. The van der Waals surface area contributed by atoms with Crippen LogP contribution >= 0.6 is 35.0 Å². The molecule has 2 rings (SSSR count). The van der Waals surface area contributed by atoms with Gasteiger partial charge >= 0.3 is 19.1 Å². The van der Waals surface area contributed by atoms with Crippen LogP contribution in [0.3, 0.4) is 0 Å². The number of hydrogen-bond donors (Lipinski definition) is 3. The van der Waals surface area contributed by atoms with Gasteiger partial charge in [-0.3, -0.25) is 19.2 Å². The highest BCUT2D eigenvalue weighted by Gasteiger charge is 2.54. The van der Waals surface area contributed by atoms with E-state index >= 15 is 0 Å². The number of carboxylic acids is 2. The summed E-state index contributed by atoms with van der Waals surface area (Å²) in [6.45, 7) is 3.60. The molecule has 2 amide bonds. The minimum atomic E-state index is -2.37. The maximum absolute atomic E-state index is 13.2. The molecule has 2 atom stereocenters. The summed E-state index contributed by atoms with van der Waals surface area (Å²) in [4.78, 5) is 65.3. The Balaban J connectivity index is 2.37. The third-order valence-corrected chi connectivity index (χ3v) is 6.28. The number of amides is 2. The van der Waals surface area contributed by atoms with Gasteiger partial charge in [0.15, 0.2) is 5.60 Å². The van der Waals surface area contributed by atoms with Crippen LogP contribution in [-0.4, -0.2) is 76.3 Å². The van der Waals surface area contributed by atoms with E-state index in [1.165, 1.54) is 30.0 Å². The Morgan fingerprint density at radius 2 is 1.92 bits per heavy atom. The largest absolute Gasteiger partial charge is 0.552 e. The van der Waals surface area contributed by atoms with Gasteiger partial charge in [0.05, 0.1) is 29.4 Å². The highest BCUT2D eigenvalue weighted by atomic mass is 35.5. The Bertz CT molecular complexity index is 1110. The van der Waals surface area contributed by atoms with Gasteiger partial charge in [-0.25, -0.2) is 9.79 Å². The van der Waals surface area contributed by atoms with Crippen molar-refractivity contribution in [2.45, 2.75) is 44.7 Å². The van der Waals surface area contributed by atoms with Crippen LogP contribution in [0.4, 0.5) is 0 Å². The minimum absolute atomic E-state index is 0.0104. The lowest BCUT2D eigenvalue weighted by molar-refractivity contribution is -0.175. The molecule has 3 N–H and O–H groups in total. The quantitative estimate of drug-likeness (QED) is 0.264. The molecule has 1 aromatic rings. The van der Waals surface area contributed by atoms with E-state index in [4.69, 9.17) is 32.5 Å². The molecule has 1 saturated heterocycles. The molecule has 1 fully saturated rings. The van der Waals surface area contributed by atoms with E-state index in [1.54, 1.807) is 20.1 Å². The fourth-order valence-corrected chi connectivity index (χ4v) is 4.37. The summed E-state index contributed by atoms with van der Waals surface area (Å²) < 4.78 is 10.7. The summed E-state index contributed by atoms with van der Waals surface area (Å²) in [7, 11) is -1.60. The number of rotatable bonds is 11. The number of halogens is 2.